The molecule has 4 aromatic rings. The van der Waals surface area contributed by atoms with E-state index in [0.717, 1.165) is 18.2 Å². The molecule has 0 radical (unpaired) electrons. The first-order chi connectivity index (χ1) is 22.5. The highest BCUT2D eigenvalue weighted by molar-refractivity contribution is 6.15. The summed E-state index contributed by atoms with van der Waals surface area (Å²) in [6.45, 7) is 7.03. The second-order valence-electron chi connectivity index (χ2n) is 11.4. The molecule has 0 saturated carbocycles. The van der Waals surface area contributed by atoms with E-state index in [0.29, 0.717) is 16.8 Å². The number of carbonyl (C=O) groups is 5. The van der Waals surface area contributed by atoms with Crippen LogP contribution >= 0.6 is 0 Å². The van der Waals surface area contributed by atoms with Crippen LogP contribution in [0, 0.1) is 6.92 Å². The number of rotatable bonds is 10. The number of hydrogen-bond acceptors (Lipinski definition) is 7. The summed E-state index contributed by atoms with van der Waals surface area (Å²) < 4.78 is 50.6. The van der Waals surface area contributed by atoms with Gasteiger partial charge in [-0.25, -0.2) is 9.59 Å². The van der Waals surface area contributed by atoms with Crippen molar-refractivity contribution in [3.63, 3.8) is 0 Å². The van der Waals surface area contributed by atoms with Crippen LogP contribution in [0.5, 0.6) is 5.75 Å². The maximum Gasteiger partial charge on any atom is 0.471 e. The highest BCUT2D eigenvalue weighted by Gasteiger charge is 2.39. The minimum atomic E-state index is -5.26. The first-order valence-electron chi connectivity index (χ1n) is 14.4. The summed E-state index contributed by atoms with van der Waals surface area (Å²) in [6, 6.07) is 14.1. The van der Waals surface area contributed by atoms with Gasteiger partial charge < -0.3 is 34.9 Å². The number of amides is 3. The van der Waals surface area contributed by atoms with Crippen molar-refractivity contribution in [1.82, 2.24) is 9.72 Å². The van der Waals surface area contributed by atoms with E-state index >= 15 is 0 Å². The molecule has 0 unspecified atom stereocenters. The number of carboxylic acids is 1. The average molecular weight is 669 g/mol. The Morgan fingerprint density at radius 2 is 1.62 bits per heavy atom. The Hall–Kier alpha value is -5.86. The van der Waals surface area contributed by atoms with Gasteiger partial charge in [0.25, 0.3) is 5.91 Å². The third-order valence-corrected chi connectivity index (χ3v) is 6.69. The fraction of sp³-hybridized carbons (Fsp3) is 0.242. The number of alkyl carbamates (subject to hydrolysis) is 1. The molecule has 0 saturated heterocycles. The number of ketones is 1. The van der Waals surface area contributed by atoms with Crippen LogP contribution in [0.15, 0.2) is 66.9 Å². The Balaban J connectivity index is 1.56. The Bertz CT molecular complexity index is 1910. The van der Waals surface area contributed by atoms with Crippen molar-refractivity contribution in [2.24, 2.45) is 0 Å². The van der Waals surface area contributed by atoms with Crippen molar-refractivity contribution in [3.05, 3.63) is 94.8 Å². The minimum Gasteiger partial charge on any atom is -0.492 e. The number of anilines is 2. The zero-order chi connectivity index (χ0) is 35.4. The number of benzene rings is 2. The molecule has 3 amide bonds. The fourth-order valence-corrected chi connectivity index (χ4v) is 4.62. The average Bonchev–Trinajstić information content (AvgIpc) is 3.28. The molecule has 0 aliphatic rings. The lowest BCUT2D eigenvalue weighted by Gasteiger charge is -2.19. The van der Waals surface area contributed by atoms with Gasteiger partial charge in [0.2, 0.25) is 5.78 Å². The number of carbonyl (C=O) groups excluding carboxylic acids is 4. The number of fused-ring (bicyclic) bond motifs is 1. The van der Waals surface area contributed by atoms with Gasteiger partial charge in [0.15, 0.2) is 0 Å². The summed E-state index contributed by atoms with van der Waals surface area (Å²) in [6.07, 6.45) is -4.30. The number of aromatic nitrogens is 1. The van der Waals surface area contributed by atoms with Crippen molar-refractivity contribution in [2.75, 3.05) is 23.8 Å². The zero-order valence-corrected chi connectivity index (χ0v) is 26.2. The number of pyridine rings is 1. The molecular formula is C33H31F3N4O8. The molecule has 0 bridgehead atoms. The van der Waals surface area contributed by atoms with Gasteiger partial charge in [0.05, 0.1) is 34.7 Å². The third kappa shape index (κ3) is 8.29. The highest BCUT2D eigenvalue weighted by Crippen LogP contribution is 2.32. The molecule has 2 heterocycles. The summed E-state index contributed by atoms with van der Waals surface area (Å²) in [4.78, 5) is 62.2. The van der Waals surface area contributed by atoms with E-state index in [1.165, 1.54) is 15.8 Å². The van der Waals surface area contributed by atoms with Gasteiger partial charge in [-0.05, 0) is 76.2 Å². The van der Waals surface area contributed by atoms with Crippen molar-refractivity contribution < 1.29 is 51.7 Å². The normalized spacial score (nSPS) is 11.5. The summed E-state index contributed by atoms with van der Waals surface area (Å²) in [5, 5.41) is 16.5. The van der Waals surface area contributed by atoms with Gasteiger partial charge in [-0.15, -0.1) is 0 Å². The van der Waals surface area contributed by atoms with E-state index in [1.807, 2.05) is 0 Å². The Morgan fingerprint density at radius 3 is 2.29 bits per heavy atom. The van der Waals surface area contributed by atoms with E-state index in [4.69, 9.17) is 9.47 Å². The number of halogens is 3. The molecular weight excluding hydrogens is 637 g/mol. The first-order valence-corrected chi connectivity index (χ1v) is 14.4. The SMILES string of the molecule is Cc1c(NC(=O)c2cccc(OCCNC(=O)OC(C)(C)C)c2)c2ccccn2c1C(=O)c1ccc(NC(=O)C(F)(F)F)c(C(=O)O)c1. The quantitative estimate of drug-likeness (QED) is 0.121. The maximum atomic E-state index is 13.8. The predicted molar refractivity (Wildman–Crippen MR) is 168 cm³/mol. The van der Waals surface area contributed by atoms with Crippen LogP contribution in [-0.2, 0) is 9.53 Å². The van der Waals surface area contributed by atoms with Crippen molar-refractivity contribution >= 4 is 46.6 Å². The lowest BCUT2D eigenvalue weighted by molar-refractivity contribution is -0.167. The monoisotopic (exact) mass is 668 g/mol. The molecule has 0 aliphatic heterocycles. The number of ether oxygens (including phenoxy) is 2. The first kappa shape index (κ1) is 35.0. The third-order valence-electron chi connectivity index (χ3n) is 6.69. The molecule has 4 rings (SSSR count). The van der Waals surface area contributed by atoms with Gasteiger partial charge in [-0.2, -0.15) is 13.2 Å². The van der Waals surface area contributed by atoms with Crippen LogP contribution in [0.25, 0.3) is 5.52 Å². The standard InChI is InChI=1S/C33H31F3N4O8/c1-18-25(39-28(42)20-8-7-9-21(16-20)47-15-13-37-31(46)48-32(2,3)4)24-10-5-6-14-40(24)26(18)27(41)19-11-12-23(22(17-19)29(43)44)38-30(45)33(34,35)36/h5-12,14,16-17H,13,15H2,1-4H3,(H,37,46)(H,38,45)(H,39,42)(H,43,44). The molecule has 0 fully saturated rings. The molecule has 15 heteroatoms. The molecule has 0 spiro atoms. The second kappa shape index (κ2) is 13.9. The molecule has 0 atom stereocenters. The van der Waals surface area contributed by atoms with Crippen LogP contribution in [0.3, 0.4) is 0 Å². The van der Waals surface area contributed by atoms with Crippen LogP contribution < -0.4 is 20.7 Å². The van der Waals surface area contributed by atoms with Crippen LogP contribution in [0.4, 0.5) is 29.3 Å². The minimum absolute atomic E-state index is 0.0545. The molecule has 0 aliphatic carbocycles. The number of alkyl halides is 3. The van der Waals surface area contributed by atoms with E-state index in [-0.39, 0.29) is 35.7 Å². The molecule has 48 heavy (non-hydrogen) atoms. The van der Waals surface area contributed by atoms with Crippen molar-refractivity contribution in [1.29, 1.82) is 0 Å². The maximum absolute atomic E-state index is 13.8. The number of nitrogens with zero attached hydrogens (tertiary/aromatic N) is 1. The summed E-state index contributed by atoms with van der Waals surface area (Å²) in [5.74, 6) is -4.92. The number of aromatic carboxylic acids is 1. The van der Waals surface area contributed by atoms with Crippen LogP contribution in [0.2, 0.25) is 0 Å². The van der Waals surface area contributed by atoms with E-state index in [9.17, 15) is 42.3 Å². The largest absolute Gasteiger partial charge is 0.492 e. The smallest absolute Gasteiger partial charge is 0.471 e. The molecule has 2 aromatic heterocycles. The molecule has 252 valence electrons. The number of hydrogen-bond donors (Lipinski definition) is 4. The van der Waals surface area contributed by atoms with Gasteiger partial charge in [0.1, 0.15) is 18.0 Å². The Kier molecular flexibility index (Phi) is 10.1. The fourth-order valence-electron chi connectivity index (χ4n) is 4.62. The van der Waals surface area contributed by atoms with Crippen LogP contribution in [0.1, 0.15) is 63.1 Å². The van der Waals surface area contributed by atoms with Gasteiger partial charge in [0, 0.05) is 22.9 Å². The van der Waals surface area contributed by atoms with Crippen molar-refractivity contribution in [2.45, 2.75) is 39.5 Å². The Labute approximate surface area is 271 Å². The Morgan fingerprint density at radius 1 is 0.896 bits per heavy atom. The lowest BCUT2D eigenvalue weighted by atomic mass is 10.0. The van der Waals surface area contributed by atoms with Crippen LogP contribution in [-0.4, -0.2) is 64.1 Å². The molecule has 12 nitrogen and oxygen atoms in total. The van der Waals surface area contributed by atoms with Gasteiger partial charge in [-0.3, -0.25) is 14.4 Å². The number of carboxylic acid groups (broad SMARTS) is 1. The van der Waals surface area contributed by atoms with Gasteiger partial charge in [-0.1, -0.05) is 12.1 Å². The van der Waals surface area contributed by atoms with Crippen molar-refractivity contribution in [3.8, 4) is 5.75 Å². The molecule has 4 N–H and O–H groups in total. The summed E-state index contributed by atoms with van der Waals surface area (Å²) >= 11 is 0. The van der Waals surface area contributed by atoms with E-state index < -0.39 is 52.7 Å². The highest BCUT2D eigenvalue weighted by atomic mass is 19.4. The van der Waals surface area contributed by atoms with Gasteiger partial charge >= 0.3 is 24.1 Å². The summed E-state index contributed by atoms with van der Waals surface area (Å²) in [7, 11) is 0. The summed E-state index contributed by atoms with van der Waals surface area (Å²) in [5.41, 5.74) is -0.896. The second-order valence-corrected chi connectivity index (χ2v) is 11.4. The molecule has 2 aromatic carbocycles. The lowest BCUT2D eigenvalue weighted by Crippen LogP contribution is -2.34. The van der Waals surface area contributed by atoms with E-state index in [2.05, 4.69) is 10.6 Å². The zero-order valence-electron chi connectivity index (χ0n) is 26.2. The number of nitrogens with one attached hydrogen (secondary N) is 3. The topological polar surface area (TPSA) is 165 Å². The van der Waals surface area contributed by atoms with E-state index in [1.54, 1.807) is 70.3 Å². The predicted octanol–water partition coefficient (Wildman–Crippen LogP) is 5.83.